The lowest BCUT2D eigenvalue weighted by atomic mass is 9.94. The molecule has 2 amide bonds. The lowest BCUT2D eigenvalue weighted by Gasteiger charge is -2.44. The van der Waals surface area contributed by atoms with Crippen molar-refractivity contribution in [1.29, 1.82) is 0 Å². The summed E-state index contributed by atoms with van der Waals surface area (Å²) >= 11 is 0. The third-order valence-electron chi connectivity index (χ3n) is 4.66. The second-order valence-electron chi connectivity index (χ2n) is 6.47. The number of aromatic nitrogens is 2. The smallest absolute Gasteiger partial charge is 0.317 e. The van der Waals surface area contributed by atoms with E-state index in [1.807, 2.05) is 39.9 Å². The molecule has 2 aromatic rings. The third-order valence-corrected chi connectivity index (χ3v) is 4.66. The number of amides is 2. The molecule has 1 atom stereocenters. The van der Waals surface area contributed by atoms with Crippen LogP contribution in [0.1, 0.15) is 18.5 Å². The number of hydrogen-bond acceptors (Lipinski definition) is 4. The topological polar surface area (TPSA) is 68.1 Å². The summed E-state index contributed by atoms with van der Waals surface area (Å²) in [7, 11) is 0. The molecule has 2 saturated heterocycles. The van der Waals surface area contributed by atoms with E-state index in [9.17, 15) is 4.79 Å². The van der Waals surface area contributed by atoms with Gasteiger partial charge in [-0.1, -0.05) is 6.07 Å². The van der Waals surface area contributed by atoms with Crippen molar-refractivity contribution in [2.75, 3.05) is 32.9 Å². The lowest BCUT2D eigenvalue weighted by molar-refractivity contribution is -0.160. The van der Waals surface area contributed by atoms with Gasteiger partial charge in [0.05, 0.1) is 32.0 Å². The van der Waals surface area contributed by atoms with Crippen LogP contribution < -0.4 is 5.32 Å². The Kier molecular flexibility index (Phi) is 4.12. The summed E-state index contributed by atoms with van der Waals surface area (Å²) in [5.41, 5.74) is 1.40. The van der Waals surface area contributed by atoms with Crippen LogP contribution in [0.25, 0.3) is 5.65 Å². The van der Waals surface area contributed by atoms with Crippen LogP contribution in [0.4, 0.5) is 4.79 Å². The van der Waals surface area contributed by atoms with E-state index < -0.39 is 0 Å². The highest BCUT2D eigenvalue weighted by atomic mass is 16.5. The van der Waals surface area contributed by atoms with Crippen LogP contribution in [0.15, 0.2) is 30.6 Å². The number of ether oxygens (including phenoxy) is 2. The van der Waals surface area contributed by atoms with Gasteiger partial charge in [0.2, 0.25) is 0 Å². The molecule has 2 fully saturated rings. The van der Waals surface area contributed by atoms with Crippen molar-refractivity contribution in [3.05, 3.63) is 36.3 Å². The predicted molar refractivity (Wildman–Crippen MR) is 87.7 cm³/mol. The fraction of sp³-hybridized carbons (Fsp3) is 0.529. The number of carbonyl (C=O) groups excluding carboxylic acids is 1. The number of fused-ring (bicyclic) bond motifs is 1. The number of nitrogens with zero attached hydrogens (tertiary/aromatic N) is 3. The van der Waals surface area contributed by atoms with Gasteiger partial charge in [0.15, 0.2) is 0 Å². The zero-order valence-electron chi connectivity index (χ0n) is 13.6. The Morgan fingerprint density at radius 2 is 2.33 bits per heavy atom. The number of rotatable bonds is 2. The Bertz CT molecular complexity index is 685. The largest absolute Gasteiger partial charge is 0.378 e. The zero-order valence-corrected chi connectivity index (χ0v) is 13.6. The number of imidazole rings is 1. The predicted octanol–water partition coefficient (Wildman–Crippen LogP) is 1.43. The molecule has 24 heavy (non-hydrogen) atoms. The number of morpholine rings is 1. The van der Waals surface area contributed by atoms with Crippen molar-refractivity contribution in [3.63, 3.8) is 0 Å². The first-order chi connectivity index (χ1) is 11.7. The minimum atomic E-state index is -0.322. The maximum absolute atomic E-state index is 12.5. The first kappa shape index (κ1) is 15.4. The Morgan fingerprint density at radius 1 is 1.38 bits per heavy atom. The molecule has 0 aromatic carbocycles. The summed E-state index contributed by atoms with van der Waals surface area (Å²) < 4.78 is 13.4. The van der Waals surface area contributed by atoms with Crippen LogP contribution >= 0.6 is 0 Å². The molecule has 4 heterocycles. The summed E-state index contributed by atoms with van der Waals surface area (Å²) in [6.07, 6.45) is 5.81. The fourth-order valence-corrected chi connectivity index (χ4v) is 3.43. The Hall–Kier alpha value is -2.12. The van der Waals surface area contributed by atoms with Gasteiger partial charge in [0, 0.05) is 25.5 Å². The number of hydrogen-bond donors (Lipinski definition) is 1. The van der Waals surface area contributed by atoms with Gasteiger partial charge in [0.1, 0.15) is 11.2 Å². The lowest BCUT2D eigenvalue weighted by Crippen LogP contribution is -2.58. The highest BCUT2D eigenvalue weighted by molar-refractivity contribution is 5.74. The van der Waals surface area contributed by atoms with E-state index in [4.69, 9.17) is 9.47 Å². The number of nitrogens with one attached hydrogen (secondary N) is 1. The van der Waals surface area contributed by atoms with Gasteiger partial charge in [0.25, 0.3) is 0 Å². The zero-order chi connectivity index (χ0) is 16.4. The standard InChI is InChI=1S/C17H22N4O3/c22-16(18-10-14-11-20-6-2-1-4-15(20)19-14)21-7-9-24-17(12-21)5-3-8-23-13-17/h1-2,4,6,11H,3,5,7-10,12-13H2,(H,18,22). The van der Waals surface area contributed by atoms with Crippen LogP contribution in [-0.2, 0) is 16.0 Å². The van der Waals surface area contributed by atoms with Gasteiger partial charge >= 0.3 is 6.03 Å². The molecule has 7 heteroatoms. The molecule has 0 saturated carbocycles. The molecule has 1 unspecified atom stereocenters. The maximum atomic E-state index is 12.5. The van der Waals surface area contributed by atoms with Gasteiger partial charge in [-0.15, -0.1) is 0 Å². The van der Waals surface area contributed by atoms with Crippen molar-refractivity contribution in [3.8, 4) is 0 Å². The molecule has 1 N–H and O–H groups in total. The van der Waals surface area contributed by atoms with Crippen molar-refractivity contribution >= 4 is 11.7 Å². The Balaban J connectivity index is 1.37. The third kappa shape index (κ3) is 3.09. The van der Waals surface area contributed by atoms with E-state index in [1.165, 1.54) is 0 Å². The summed E-state index contributed by atoms with van der Waals surface area (Å²) in [6.45, 7) is 3.53. The van der Waals surface area contributed by atoms with E-state index in [0.717, 1.165) is 30.8 Å². The van der Waals surface area contributed by atoms with Gasteiger partial charge in [-0.2, -0.15) is 0 Å². The molecule has 7 nitrogen and oxygen atoms in total. The second-order valence-corrected chi connectivity index (χ2v) is 6.47. The monoisotopic (exact) mass is 330 g/mol. The van der Waals surface area contributed by atoms with E-state index in [0.29, 0.717) is 32.8 Å². The number of carbonyl (C=O) groups is 1. The quantitative estimate of drug-likeness (QED) is 0.904. The second kappa shape index (κ2) is 6.41. The summed E-state index contributed by atoms with van der Waals surface area (Å²) in [5.74, 6) is 0. The number of urea groups is 1. The summed E-state index contributed by atoms with van der Waals surface area (Å²) in [6, 6.07) is 5.78. The average molecular weight is 330 g/mol. The normalized spacial score (nSPS) is 24.4. The Morgan fingerprint density at radius 3 is 3.17 bits per heavy atom. The summed E-state index contributed by atoms with van der Waals surface area (Å²) in [4.78, 5) is 18.8. The molecule has 1 spiro atoms. The first-order valence-electron chi connectivity index (χ1n) is 8.41. The molecule has 0 aliphatic carbocycles. The van der Waals surface area contributed by atoms with Gasteiger partial charge in [-0.3, -0.25) is 0 Å². The molecular weight excluding hydrogens is 308 g/mol. The van der Waals surface area contributed by atoms with Gasteiger partial charge < -0.3 is 24.1 Å². The molecule has 2 aliphatic rings. The molecule has 4 rings (SSSR count). The molecule has 2 aromatic heterocycles. The van der Waals surface area contributed by atoms with Crippen molar-refractivity contribution < 1.29 is 14.3 Å². The molecule has 0 radical (unpaired) electrons. The number of pyridine rings is 1. The molecule has 128 valence electrons. The minimum Gasteiger partial charge on any atom is -0.378 e. The van der Waals surface area contributed by atoms with Crippen LogP contribution in [0.2, 0.25) is 0 Å². The van der Waals surface area contributed by atoms with Crippen LogP contribution in [0, 0.1) is 0 Å². The van der Waals surface area contributed by atoms with E-state index in [-0.39, 0.29) is 11.6 Å². The molecular formula is C17H22N4O3. The van der Waals surface area contributed by atoms with Crippen LogP contribution in [0.3, 0.4) is 0 Å². The highest BCUT2D eigenvalue weighted by Crippen LogP contribution is 2.27. The van der Waals surface area contributed by atoms with Crippen LogP contribution in [-0.4, -0.2) is 58.8 Å². The highest BCUT2D eigenvalue weighted by Gasteiger charge is 2.40. The average Bonchev–Trinajstić information content (AvgIpc) is 3.03. The molecule has 0 bridgehead atoms. The summed E-state index contributed by atoms with van der Waals surface area (Å²) in [5, 5.41) is 2.97. The van der Waals surface area contributed by atoms with Crippen molar-refractivity contribution in [2.45, 2.75) is 25.0 Å². The van der Waals surface area contributed by atoms with Crippen LogP contribution in [0.5, 0.6) is 0 Å². The SMILES string of the molecule is O=C(NCc1cn2ccccc2n1)N1CCOC2(CCCOC2)C1. The minimum absolute atomic E-state index is 0.0692. The first-order valence-corrected chi connectivity index (χ1v) is 8.41. The van der Waals surface area contributed by atoms with Gasteiger partial charge in [-0.25, -0.2) is 9.78 Å². The maximum Gasteiger partial charge on any atom is 0.317 e. The fourth-order valence-electron chi connectivity index (χ4n) is 3.43. The van der Waals surface area contributed by atoms with E-state index in [1.54, 1.807) is 0 Å². The van der Waals surface area contributed by atoms with Crippen molar-refractivity contribution in [2.24, 2.45) is 0 Å². The van der Waals surface area contributed by atoms with E-state index >= 15 is 0 Å². The van der Waals surface area contributed by atoms with Gasteiger partial charge in [-0.05, 0) is 25.0 Å². The van der Waals surface area contributed by atoms with E-state index in [2.05, 4.69) is 10.3 Å². The molecule has 2 aliphatic heterocycles. The Labute approximate surface area is 140 Å². The van der Waals surface area contributed by atoms with Crippen molar-refractivity contribution in [1.82, 2.24) is 19.6 Å².